The van der Waals surface area contributed by atoms with Crippen molar-refractivity contribution in [3.8, 4) is 0 Å². The first-order valence-corrected chi connectivity index (χ1v) is 5.02. The largest absolute Gasteiger partial charge is 0.387 e. The number of carbonyl (C=O) groups excluding carboxylic acids is 1. The minimum atomic E-state index is -0.440. The molecule has 76 valence electrons. The summed E-state index contributed by atoms with van der Waals surface area (Å²) in [4.78, 5) is 12.6. The Morgan fingerprint density at radius 1 is 1.57 bits per heavy atom. The van der Waals surface area contributed by atoms with E-state index >= 15 is 0 Å². The van der Waals surface area contributed by atoms with Crippen molar-refractivity contribution in [1.82, 2.24) is 4.90 Å². The van der Waals surface area contributed by atoms with Crippen LogP contribution >= 0.6 is 15.9 Å². The zero-order valence-electron chi connectivity index (χ0n) is 7.90. The Labute approximate surface area is 91.5 Å². The summed E-state index contributed by atoms with van der Waals surface area (Å²) >= 11 is 3.35. The van der Waals surface area contributed by atoms with E-state index in [0.29, 0.717) is 6.54 Å². The van der Waals surface area contributed by atoms with Crippen molar-refractivity contribution in [2.45, 2.75) is 6.54 Å². The topological polar surface area (TPSA) is 40.5 Å². The lowest BCUT2D eigenvalue weighted by Crippen LogP contribution is -2.28. The van der Waals surface area contributed by atoms with Crippen LogP contribution in [-0.4, -0.2) is 29.6 Å². The van der Waals surface area contributed by atoms with Crippen LogP contribution in [0.2, 0.25) is 0 Å². The van der Waals surface area contributed by atoms with Gasteiger partial charge in [-0.1, -0.05) is 28.1 Å². The molecule has 0 unspecified atom stereocenters. The summed E-state index contributed by atoms with van der Waals surface area (Å²) in [5.74, 6) is -0.273. The molecule has 0 atom stereocenters. The van der Waals surface area contributed by atoms with E-state index in [1.807, 2.05) is 24.3 Å². The fourth-order valence-electron chi connectivity index (χ4n) is 1.12. The SMILES string of the molecule is CN(Cc1cccc(Br)c1)C(=O)CO. The average Bonchev–Trinajstić information content (AvgIpc) is 2.16. The first-order chi connectivity index (χ1) is 6.63. The van der Waals surface area contributed by atoms with Crippen LogP contribution in [0.4, 0.5) is 0 Å². The number of nitrogens with zero attached hydrogens (tertiary/aromatic N) is 1. The molecule has 0 aromatic heterocycles. The Morgan fingerprint density at radius 2 is 2.29 bits per heavy atom. The molecular weight excluding hydrogens is 246 g/mol. The number of likely N-dealkylation sites (N-methyl/N-ethyl adjacent to an activating group) is 1. The van der Waals surface area contributed by atoms with Gasteiger partial charge in [0.2, 0.25) is 5.91 Å². The minimum absolute atomic E-state index is 0.273. The molecule has 0 heterocycles. The third kappa shape index (κ3) is 3.12. The first-order valence-electron chi connectivity index (χ1n) is 4.22. The van der Waals surface area contributed by atoms with Gasteiger partial charge in [-0.25, -0.2) is 0 Å². The fraction of sp³-hybridized carbons (Fsp3) is 0.300. The van der Waals surface area contributed by atoms with Crippen LogP contribution in [0.5, 0.6) is 0 Å². The van der Waals surface area contributed by atoms with Gasteiger partial charge in [0.1, 0.15) is 6.61 Å². The van der Waals surface area contributed by atoms with Crippen molar-refractivity contribution in [2.75, 3.05) is 13.7 Å². The van der Waals surface area contributed by atoms with Gasteiger partial charge in [0, 0.05) is 18.1 Å². The number of carbonyl (C=O) groups is 1. The molecule has 0 aliphatic carbocycles. The molecule has 1 rings (SSSR count). The number of aliphatic hydroxyl groups excluding tert-OH is 1. The van der Waals surface area contributed by atoms with Gasteiger partial charge in [-0.2, -0.15) is 0 Å². The van der Waals surface area contributed by atoms with Crippen molar-refractivity contribution in [3.05, 3.63) is 34.3 Å². The maximum absolute atomic E-state index is 11.1. The van der Waals surface area contributed by atoms with Crippen LogP contribution in [0.1, 0.15) is 5.56 Å². The molecule has 0 bridgehead atoms. The molecule has 1 N–H and O–H groups in total. The Hall–Kier alpha value is -0.870. The van der Waals surface area contributed by atoms with Gasteiger partial charge in [0.15, 0.2) is 0 Å². The predicted octanol–water partition coefficient (Wildman–Crippen LogP) is 1.40. The van der Waals surface area contributed by atoms with Gasteiger partial charge >= 0.3 is 0 Å². The van der Waals surface area contributed by atoms with Gasteiger partial charge in [0.05, 0.1) is 0 Å². The Balaban J connectivity index is 2.64. The van der Waals surface area contributed by atoms with Crippen LogP contribution in [0.15, 0.2) is 28.7 Å². The Bertz CT molecular complexity index is 328. The highest BCUT2D eigenvalue weighted by atomic mass is 79.9. The highest BCUT2D eigenvalue weighted by Crippen LogP contribution is 2.12. The number of benzene rings is 1. The quantitative estimate of drug-likeness (QED) is 0.890. The highest BCUT2D eigenvalue weighted by Gasteiger charge is 2.06. The van der Waals surface area contributed by atoms with E-state index in [4.69, 9.17) is 5.11 Å². The smallest absolute Gasteiger partial charge is 0.248 e. The molecule has 0 radical (unpaired) electrons. The van der Waals surface area contributed by atoms with E-state index in [2.05, 4.69) is 15.9 Å². The summed E-state index contributed by atoms with van der Waals surface area (Å²) in [6, 6.07) is 7.72. The molecule has 1 amide bonds. The predicted molar refractivity (Wildman–Crippen MR) is 57.7 cm³/mol. The molecule has 0 aliphatic heterocycles. The maximum Gasteiger partial charge on any atom is 0.248 e. The summed E-state index contributed by atoms with van der Waals surface area (Å²) in [6.45, 7) is 0.0728. The van der Waals surface area contributed by atoms with Gasteiger partial charge in [-0.05, 0) is 17.7 Å². The summed E-state index contributed by atoms with van der Waals surface area (Å²) < 4.78 is 0.986. The molecule has 3 nitrogen and oxygen atoms in total. The van der Waals surface area contributed by atoms with Gasteiger partial charge in [-0.15, -0.1) is 0 Å². The molecule has 0 saturated carbocycles. The molecule has 14 heavy (non-hydrogen) atoms. The second kappa shape index (κ2) is 5.12. The number of rotatable bonds is 3. The highest BCUT2D eigenvalue weighted by molar-refractivity contribution is 9.10. The monoisotopic (exact) mass is 257 g/mol. The standard InChI is InChI=1S/C10H12BrNO2/c1-12(10(14)7-13)6-8-3-2-4-9(11)5-8/h2-5,13H,6-7H2,1H3. The molecular formula is C10H12BrNO2. The van der Waals surface area contributed by atoms with Crippen molar-refractivity contribution >= 4 is 21.8 Å². The summed E-state index contributed by atoms with van der Waals surface area (Å²) in [5.41, 5.74) is 1.03. The van der Waals surface area contributed by atoms with Crippen molar-refractivity contribution < 1.29 is 9.90 Å². The molecule has 0 fully saturated rings. The molecule has 1 aromatic carbocycles. The van der Waals surface area contributed by atoms with E-state index in [1.165, 1.54) is 4.90 Å². The number of hydrogen-bond acceptors (Lipinski definition) is 2. The summed E-state index contributed by atoms with van der Waals surface area (Å²) in [7, 11) is 1.67. The van der Waals surface area contributed by atoms with Crippen molar-refractivity contribution in [1.29, 1.82) is 0 Å². The fourth-order valence-corrected chi connectivity index (χ4v) is 1.56. The Kier molecular flexibility index (Phi) is 4.10. The summed E-state index contributed by atoms with van der Waals surface area (Å²) in [6.07, 6.45) is 0. The van der Waals surface area contributed by atoms with Crippen LogP contribution in [-0.2, 0) is 11.3 Å². The maximum atomic E-state index is 11.1. The van der Waals surface area contributed by atoms with Gasteiger partial charge in [-0.3, -0.25) is 4.79 Å². The van der Waals surface area contributed by atoms with Gasteiger partial charge in [0.25, 0.3) is 0 Å². The van der Waals surface area contributed by atoms with E-state index in [9.17, 15) is 4.79 Å². The normalized spacial score (nSPS) is 9.93. The third-order valence-electron chi connectivity index (χ3n) is 1.87. The third-order valence-corrected chi connectivity index (χ3v) is 2.36. The molecule has 0 aliphatic rings. The summed E-state index contributed by atoms with van der Waals surface area (Å²) in [5, 5.41) is 8.64. The van der Waals surface area contributed by atoms with E-state index < -0.39 is 6.61 Å². The van der Waals surface area contributed by atoms with Crippen molar-refractivity contribution in [3.63, 3.8) is 0 Å². The second-order valence-electron chi connectivity index (χ2n) is 3.04. The number of amides is 1. The van der Waals surface area contributed by atoms with Crippen LogP contribution in [0.25, 0.3) is 0 Å². The van der Waals surface area contributed by atoms with E-state index in [0.717, 1.165) is 10.0 Å². The van der Waals surface area contributed by atoms with E-state index in [-0.39, 0.29) is 5.91 Å². The lowest BCUT2D eigenvalue weighted by atomic mass is 10.2. The molecule has 1 aromatic rings. The number of aliphatic hydroxyl groups is 1. The molecule has 0 spiro atoms. The zero-order valence-corrected chi connectivity index (χ0v) is 9.49. The van der Waals surface area contributed by atoms with Crippen LogP contribution in [0, 0.1) is 0 Å². The zero-order chi connectivity index (χ0) is 10.6. The number of hydrogen-bond donors (Lipinski definition) is 1. The van der Waals surface area contributed by atoms with Crippen LogP contribution in [0.3, 0.4) is 0 Å². The Morgan fingerprint density at radius 3 is 2.86 bits per heavy atom. The van der Waals surface area contributed by atoms with Crippen molar-refractivity contribution in [2.24, 2.45) is 0 Å². The molecule has 4 heteroatoms. The first kappa shape index (κ1) is 11.2. The lowest BCUT2D eigenvalue weighted by Gasteiger charge is -2.15. The number of halogens is 1. The average molecular weight is 258 g/mol. The van der Waals surface area contributed by atoms with Gasteiger partial charge < -0.3 is 10.0 Å². The second-order valence-corrected chi connectivity index (χ2v) is 3.95. The molecule has 0 saturated heterocycles. The minimum Gasteiger partial charge on any atom is -0.387 e. The lowest BCUT2D eigenvalue weighted by molar-refractivity contribution is -0.133. The van der Waals surface area contributed by atoms with E-state index in [1.54, 1.807) is 7.05 Å². The van der Waals surface area contributed by atoms with Crippen LogP contribution < -0.4 is 0 Å².